The number of hydrogen-bond acceptors (Lipinski definition) is 5. The van der Waals surface area contributed by atoms with Crippen LogP contribution in [0.3, 0.4) is 0 Å². The molecule has 0 aliphatic heterocycles. The Morgan fingerprint density at radius 2 is 0.859 bits per heavy atom. The molecule has 0 saturated heterocycles. The molecule has 4 aromatic heterocycles. The Kier molecular flexibility index (Phi) is 8.17. The molecule has 0 unspecified atom stereocenters. The highest BCUT2D eigenvalue weighted by Gasteiger charge is 2.17. The number of nitrogens with one attached hydrogen (secondary N) is 1. The van der Waals surface area contributed by atoms with Crippen molar-refractivity contribution < 1.29 is 8.83 Å². The lowest BCUT2D eigenvalue weighted by Gasteiger charge is -2.11. The number of rotatable bonds is 6. The maximum Gasteiger partial charge on any atom is 0.226 e. The van der Waals surface area contributed by atoms with Crippen LogP contribution in [-0.2, 0) is 0 Å². The number of halogens is 1. The second-order valence-electron chi connectivity index (χ2n) is 16.2. The van der Waals surface area contributed by atoms with Crippen molar-refractivity contribution in [2.75, 3.05) is 0 Å². The van der Waals surface area contributed by atoms with E-state index in [4.69, 9.17) is 25.4 Å². The van der Waals surface area contributed by atoms with Crippen molar-refractivity contribution in [3.05, 3.63) is 199 Å². The molecule has 13 aromatic rings. The number of benzene rings is 9. The number of aromatic nitrogens is 4. The molecule has 0 spiro atoms. The van der Waals surface area contributed by atoms with Crippen molar-refractivity contribution >= 4 is 77.3 Å². The van der Waals surface area contributed by atoms with Gasteiger partial charge in [-0.25, -0.2) is 4.98 Å². The molecule has 0 fully saturated rings. The molecule has 0 bridgehead atoms. The monoisotopic (exact) mass is 840 g/mol. The average molecular weight is 841 g/mol. The molecule has 0 saturated carbocycles. The number of H-pyrrole nitrogens is 1. The molecule has 0 radical (unpaired) electrons. The summed E-state index contributed by atoms with van der Waals surface area (Å²) < 4.78 is 12.6. The van der Waals surface area contributed by atoms with Gasteiger partial charge < -0.3 is 13.8 Å². The van der Waals surface area contributed by atoms with Crippen LogP contribution in [0.5, 0.6) is 0 Å². The zero-order valence-corrected chi connectivity index (χ0v) is 34.8. The standard InChI is InChI=1S/C57H33ClN4O2/c58-57-61-55(60-56(62-57)40-20-23-44-43-17-5-7-19-50(43)64-53(44)32-40)39-15-9-13-35(27-39)37-22-25-52-47(29-37)46-28-36(21-24-51(46)63-52)34-12-8-14-38(26-34)45-30-41(33-10-2-1-3-11-33)31-48-42-16-4-6-18-49(42)59-54(45)48/h1-32,59H. The number of hydrogen-bond donors (Lipinski definition) is 1. The fourth-order valence-electron chi connectivity index (χ4n) is 9.29. The van der Waals surface area contributed by atoms with Crippen LogP contribution >= 0.6 is 11.6 Å². The Morgan fingerprint density at radius 1 is 0.328 bits per heavy atom. The second-order valence-corrected chi connectivity index (χ2v) is 16.6. The molecule has 0 aliphatic rings. The van der Waals surface area contributed by atoms with Gasteiger partial charge in [-0.2, -0.15) is 9.97 Å². The van der Waals surface area contributed by atoms with Gasteiger partial charge in [0.05, 0.1) is 5.52 Å². The van der Waals surface area contributed by atoms with Crippen molar-refractivity contribution in [2.45, 2.75) is 0 Å². The van der Waals surface area contributed by atoms with Gasteiger partial charge in [-0.05, 0) is 123 Å². The number of nitrogens with zero attached hydrogens (tertiary/aromatic N) is 3. The first-order valence-electron chi connectivity index (χ1n) is 21.2. The lowest BCUT2D eigenvalue weighted by Crippen LogP contribution is -1.97. The zero-order valence-electron chi connectivity index (χ0n) is 34.0. The van der Waals surface area contributed by atoms with E-state index < -0.39 is 0 Å². The van der Waals surface area contributed by atoms with Crippen molar-refractivity contribution in [3.8, 4) is 67.3 Å². The van der Waals surface area contributed by atoms with Crippen LogP contribution in [0.2, 0.25) is 5.28 Å². The molecule has 0 aliphatic carbocycles. The summed E-state index contributed by atoms with van der Waals surface area (Å²) in [5.41, 5.74) is 16.1. The van der Waals surface area contributed by atoms with Crippen LogP contribution in [-0.4, -0.2) is 19.9 Å². The zero-order chi connectivity index (χ0) is 42.3. The molecule has 4 heterocycles. The minimum absolute atomic E-state index is 0.120. The van der Waals surface area contributed by atoms with E-state index >= 15 is 0 Å². The van der Waals surface area contributed by atoms with Crippen molar-refractivity contribution in [3.63, 3.8) is 0 Å². The number of fused-ring (bicyclic) bond motifs is 9. The maximum absolute atomic E-state index is 6.56. The van der Waals surface area contributed by atoms with Crippen molar-refractivity contribution in [1.82, 2.24) is 19.9 Å². The quantitative estimate of drug-likeness (QED) is 0.180. The number of para-hydroxylation sites is 2. The van der Waals surface area contributed by atoms with Crippen LogP contribution < -0.4 is 0 Å². The third kappa shape index (κ3) is 6.07. The van der Waals surface area contributed by atoms with Crippen LogP contribution in [0, 0.1) is 0 Å². The lowest BCUT2D eigenvalue weighted by molar-refractivity contribution is 0.668. The van der Waals surface area contributed by atoms with Crippen LogP contribution in [0.4, 0.5) is 0 Å². The summed E-state index contributed by atoms with van der Waals surface area (Å²) in [6.07, 6.45) is 0. The smallest absolute Gasteiger partial charge is 0.226 e. The van der Waals surface area contributed by atoms with E-state index in [2.05, 4.69) is 161 Å². The summed E-state index contributed by atoms with van der Waals surface area (Å²) in [7, 11) is 0. The number of furan rings is 2. The minimum atomic E-state index is 0.120. The van der Waals surface area contributed by atoms with E-state index in [-0.39, 0.29) is 5.28 Å². The van der Waals surface area contributed by atoms with Gasteiger partial charge in [-0.3, -0.25) is 0 Å². The second kappa shape index (κ2) is 14.4. The Morgan fingerprint density at radius 3 is 1.62 bits per heavy atom. The maximum atomic E-state index is 6.56. The Labute approximate surface area is 371 Å². The first-order chi connectivity index (χ1) is 31.6. The van der Waals surface area contributed by atoms with Gasteiger partial charge in [0.1, 0.15) is 22.3 Å². The van der Waals surface area contributed by atoms with Gasteiger partial charge in [0.2, 0.25) is 5.28 Å². The average Bonchev–Trinajstić information content (AvgIpc) is 4.04. The van der Waals surface area contributed by atoms with E-state index in [0.29, 0.717) is 11.6 Å². The molecule has 9 aromatic carbocycles. The molecular formula is C57H33ClN4O2. The first-order valence-corrected chi connectivity index (χ1v) is 21.6. The fraction of sp³-hybridized carbons (Fsp3) is 0. The molecule has 6 nitrogen and oxygen atoms in total. The van der Waals surface area contributed by atoms with E-state index in [9.17, 15) is 0 Å². The summed E-state index contributed by atoms with van der Waals surface area (Å²) in [6, 6.07) is 67.6. The van der Waals surface area contributed by atoms with Crippen molar-refractivity contribution in [2.24, 2.45) is 0 Å². The van der Waals surface area contributed by atoms with Gasteiger partial charge in [-0.15, -0.1) is 0 Å². The first kappa shape index (κ1) is 36.3. The molecule has 0 atom stereocenters. The van der Waals surface area contributed by atoms with Gasteiger partial charge in [0.25, 0.3) is 0 Å². The van der Waals surface area contributed by atoms with E-state index in [0.717, 1.165) is 99.4 Å². The normalized spacial score (nSPS) is 11.8. The van der Waals surface area contributed by atoms with Crippen LogP contribution in [0.15, 0.2) is 203 Å². The van der Waals surface area contributed by atoms with E-state index in [1.165, 1.54) is 21.9 Å². The summed E-state index contributed by atoms with van der Waals surface area (Å²) >= 11 is 6.56. The molecule has 0 amide bonds. The molecule has 7 heteroatoms. The minimum Gasteiger partial charge on any atom is -0.456 e. The van der Waals surface area contributed by atoms with Crippen LogP contribution in [0.25, 0.3) is 133 Å². The Bertz CT molecular complexity index is 4000. The summed E-state index contributed by atoms with van der Waals surface area (Å²) in [4.78, 5) is 17.7. The lowest BCUT2D eigenvalue weighted by atomic mass is 9.93. The highest BCUT2D eigenvalue weighted by molar-refractivity contribution is 6.28. The highest BCUT2D eigenvalue weighted by atomic mass is 35.5. The largest absolute Gasteiger partial charge is 0.456 e. The highest BCUT2D eigenvalue weighted by Crippen LogP contribution is 2.41. The summed E-state index contributed by atoms with van der Waals surface area (Å²) in [5.74, 6) is 0.961. The van der Waals surface area contributed by atoms with Gasteiger partial charge >= 0.3 is 0 Å². The molecule has 13 rings (SSSR count). The summed E-state index contributed by atoms with van der Waals surface area (Å²) in [6.45, 7) is 0. The Hall–Kier alpha value is -8.32. The van der Waals surface area contributed by atoms with Gasteiger partial charge in [0.15, 0.2) is 11.6 Å². The molecular weight excluding hydrogens is 808 g/mol. The number of aromatic amines is 1. The van der Waals surface area contributed by atoms with Gasteiger partial charge in [-0.1, -0.05) is 121 Å². The molecule has 300 valence electrons. The van der Waals surface area contributed by atoms with Gasteiger partial charge in [0, 0.05) is 54.5 Å². The predicted molar refractivity (Wildman–Crippen MR) is 261 cm³/mol. The van der Waals surface area contributed by atoms with E-state index in [1.807, 2.05) is 48.5 Å². The molecule has 1 N–H and O–H groups in total. The fourth-order valence-corrected chi connectivity index (χ4v) is 9.45. The van der Waals surface area contributed by atoms with Crippen LogP contribution in [0.1, 0.15) is 0 Å². The molecule has 64 heavy (non-hydrogen) atoms. The van der Waals surface area contributed by atoms with Crippen molar-refractivity contribution in [1.29, 1.82) is 0 Å². The predicted octanol–water partition coefficient (Wildman–Crippen LogP) is 16.0. The topological polar surface area (TPSA) is 80.7 Å². The summed E-state index contributed by atoms with van der Waals surface area (Å²) in [5, 5.41) is 6.74. The third-order valence-corrected chi connectivity index (χ3v) is 12.6. The Balaban J connectivity index is 0.862. The SMILES string of the molecule is Clc1nc(-c2cccc(-c3ccc4oc5ccc(-c6cccc(-c7cc(-c8ccccc8)cc8c7[nH]c7ccccc78)c6)cc5c4c3)c2)nc(-c2ccc3c(c2)oc2ccccc23)n1. The van der Waals surface area contributed by atoms with E-state index in [1.54, 1.807) is 0 Å². The third-order valence-electron chi connectivity index (χ3n) is 12.4.